The third-order valence-corrected chi connectivity index (χ3v) is 2.48. The third-order valence-electron chi connectivity index (χ3n) is 2.48. The summed E-state index contributed by atoms with van der Waals surface area (Å²) in [6, 6.07) is 7.65. The van der Waals surface area contributed by atoms with Crippen molar-refractivity contribution in [3.8, 4) is 0 Å². The Morgan fingerprint density at radius 2 is 2.13 bits per heavy atom. The summed E-state index contributed by atoms with van der Waals surface area (Å²) in [4.78, 5) is 14.1. The number of nitrogens with zero attached hydrogens (tertiary/aromatic N) is 1. The lowest BCUT2D eigenvalue weighted by Crippen LogP contribution is -2.12. The van der Waals surface area contributed by atoms with Crippen LogP contribution in [0.1, 0.15) is 19.4 Å². The molecule has 0 unspecified atom stereocenters. The van der Waals surface area contributed by atoms with Gasteiger partial charge in [-0.2, -0.15) is 4.99 Å². The third kappa shape index (κ3) is 1.69. The van der Waals surface area contributed by atoms with E-state index in [0.717, 1.165) is 16.5 Å². The predicted octanol–water partition coefficient (Wildman–Crippen LogP) is 3.00. The van der Waals surface area contributed by atoms with Crippen molar-refractivity contribution in [2.75, 3.05) is 0 Å². The zero-order chi connectivity index (χ0) is 10.9. The molecule has 0 spiro atoms. The molecule has 0 aliphatic heterocycles. The molecule has 0 atom stereocenters. The minimum Gasteiger partial charge on any atom is -0.464 e. The van der Waals surface area contributed by atoms with Crippen LogP contribution in [-0.2, 0) is 10.3 Å². The van der Waals surface area contributed by atoms with E-state index in [1.165, 1.54) is 0 Å². The first-order chi connectivity index (χ1) is 7.13. The van der Waals surface area contributed by atoms with Gasteiger partial charge in [0.2, 0.25) is 6.08 Å². The number of benzene rings is 1. The smallest absolute Gasteiger partial charge is 0.235 e. The van der Waals surface area contributed by atoms with E-state index in [2.05, 4.69) is 4.99 Å². The summed E-state index contributed by atoms with van der Waals surface area (Å²) < 4.78 is 5.24. The highest BCUT2D eigenvalue weighted by atomic mass is 16.3. The highest BCUT2D eigenvalue weighted by Crippen LogP contribution is 2.27. The van der Waals surface area contributed by atoms with Crippen molar-refractivity contribution < 1.29 is 9.21 Å². The fourth-order valence-electron chi connectivity index (χ4n) is 1.53. The molecule has 3 heteroatoms. The van der Waals surface area contributed by atoms with Crippen LogP contribution >= 0.6 is 0 Å². The molecule has 1 heterocycles. The Labute approximate surface area is 87.4 Å². The van der Waals surface area contributed by atoms with Gasteiger partial charge in [0, 0.05) is 5.39 Å². The number of furan rings is 1. The Morgan fingerprint density at radius 1 is 1.33 bits per heavy atom. The molecule has 76 valence electrons. The summed E-state index contributed by atoms with van der Waals surface area (Å²) in [5.74, 6) is 0. The van der Waals surface area contributed by atoms with Gasteiger partial charge in [0.05, 0.1) is 11.8 Å². The van der Waals surface area contributed by atoms with Crippen LogP contribution in [0.2, 0.25) is 0 Å². The number of hydrogen-bond acceptors (Lipinski definition) is 3. The Morgan fingerprint density at radius 3 is 2.87 bits per heavy atom. The van der Waals surface area contributed by atoms with Gasteiger partial charge >= 0.3 is 0 Å². The predicted molar refractivity (Wildman–Crippen MR) is 57.4 cm³/mol. The highest BCUT2D eigenvalue weighted by molar-refractivity contribution is 5.78. The lowest BCUT2D eigenvalue weighted by atomic mass is 9.94. The maximum atomic E-state index is 10.3. The van der Waals surface area contributed by atoms with Crippen molar-refractivity contribution in [2.45, 2.75) is 19.4 Å². The molecular weight excluding hydrogens is 190 g/mol. The van der Waals surface area contributed by atoms with Gasteiger partial charge in [-0.25, -0.2) is 4.79 Å². The molecule has 2 rings (SSSR count). The summed E-state index contributed by atoms with van der Waals surface area (Å²) >= 11 is 0. The second-order valence-electron chi connectivity index (χ2n) is 3.94. The van der Waals surface area contributed by atoms with E-state index in [1.54, 1.807) is 12.3 Å². The molecule has 0 saturated carbocycles. The van der Waals surface area contributed by atoms with Gasteiger partial charge in [-0.05, 0) is 37.6 Å². The van der Waals surface area contributed by atoms with E-state index in [4.69, 9.17) is 4.42 Å². The molecule has 0 radical (unpaired) electrons. The maximum absolute atomic E-state index is 10.3. The Kier molecular flexibility index (Phi) is 2.18. The largest absolute Gasteiger partial charge is 0.464 e. The summed E-state index contributed by atoms with van der Waals surface area (Å²) in [5, 5.41) is 1.02. The van der Waals surface area contributed by atoms with Gasteiger partial charge in [-0.1, -0.05) is 6.07 Å². The zero-order valence-corrected chi connectivity index (χ0v) is 8.65. The Balaban J connectivity index is 2.56. The molecule has 15 heavy (non-hydrogen) atoms. The maximum Gasteiger partial charge on any atom is 0.235 e. The van der Waals surface area contributed by atoms with E-state index in [1.807, 2.05) is 38.1 Å². The van der Waals surface area contributed by atoms with Crippen LogP contribution < -0.4 is 0 Å². The van der Waals surface area contributed by atoms with Gasteiger partial charge < -0.3 is 4.42 Å². The average Bonchev–Trinajstić information content (AvgIpc) is 2.63. The number of aliphatic imine (C=N–C) groups is 1. The molecular formula is C12H11NO2. The molecule has 0 bridgehead atoms. The molecule has 0 amide bonds. The lowest BCUT2D eigenvalue weighted by molar-refractivity contribution is 0.523. The first-order valence-corrected chi connectivity index (χ1v) is 4.70. The molecule has 0 fully saturated rings. The molecule has 0 saturated heterocycles. The van der Waals surface area contributed by atoms with Crippen molar-refractivity contribution in [3.05, 3.63) is 36.1 Å². The molecule has 3 nitrogen and oxygen atoms in total. The van der Waals surface area contributed by atoms with Gasteiger partial charge in [0.25, 0.3) is 0 Å². The van der Waals surface area contributed by atoms with E-state index < -0.39 is 5.54 Å². The number of hydrogen-bond donors (Lipinski definition) is 0. The molecule has 0 N–H and O–H groups in total. The van der Waals surface area contributed by atoms with Crippen LogP contribution in [0.3, 0.4) is 0 Å². The molecule has 2 aromatic rings. The fraction of sp³-hybridized carbons (Fsp3) is 0.250. The van der Waals surface area contributed by atoms with E-state index in [9.17, 15) is 4.79 Å². The van der Waals surface area contributed by atoms with Crippen LogP contribution in [0.4, 0.5) is 0 Å². The summed E-state index contributed by atoms with van der Waals surface area (Å²) in [6.45, 7) is 3.75. The monoisotopic (exact) mass is 201 g/mol. The van der Waals surface area contributed by atoms with E-state index >= 15 is 0 Å². The minimum absolute atomic E-state index is 0.535. The second-order valence-corrected chi connectivity index (χ2v) is 3.94. The molecule has 1 aromatic carbocycles. The summed E-state index contributed by atoms with van der Waals surface area (Å²) in [6.07, 6.45) is 3.24. The second kappa shape index (κ2) is 3.37. The van der Waals surface area contributed by atoms with Crippen molar-refractivity contribution in [3.63, 3.8) is 0 Å². The molecule has 0 aliphatic rings. The standard InChI is InChI=1S/C12H11NO2/c1-12(2,13-8-14)10-3-4-11-9(7-10)5-6-15-11/h3-7H,1-2H3. The molecule has 1 aromatic heterocycles. The number of rotatable bonds is 2. The van der Waals surface area contributed by atoms with E-state index in [-0.39, 0.29) is 0 Å². The van der Waals surface area contributed by atoms with Gasteiger partial charge in [0.1, 0.15) is 5.58 Å². The minimum atomic E-state index is -0.535. The average molecular weight is 201 g/mol. The number of carbonyl (C=O) groups excluding carboxylic acids is 1. The quantitative estimate of drug-likeness (QED) is 0.553. The van der Waals surface area contributed by atoms with Crippen LogP contribution in [0.25, 0.3) is 11.0 Å². The Bertz CT molecular complexity index is 533. The number of isocyanates is 1. The summed E-state index contributed by atoms with van der Waals surface area (Å²) in [5.41, 5.74) is 1.28. The van der Waals surface area contributed by atoms with Crippen LogP contribution in [0, 0.1) is 0 Å². The normalized spacial score (nSPS) is 11.3. The highest BCUT2D eigenvalue weighted by Gasteiger charge is 2.19. The lowest BCUT2D eigenvalue weighted by Gasteiger charge is -2.17. The van der Waals surface area contributed by atoms with Gasteiger partial charge in [-0.3, -0.25) is 0 Å². The van der Waals surface area contributed by atoms with Crippen LogP contribution in [0.15, 0.2) is 39.9 Å². The van der Waals surface area contributed by atoms with Crippen molar-refractivity contribution in [1.29, 1.82) is 0 Å². The first kappa shape index (κ1) is 9.69. The molecule has 0 aliphatic carbocycles. The fourth-order valence-corrected chi connectivity index (χ4v) is 1.53. The number of fused-ring (bicyclic) bond motifs is 1. The van der Waals surface area contributed by atoms with Gasteiger partial charge in [-0.15, -0.1) is 0 Å². The zero-order valence-electron chi connectivity index (χ0n) is 8.65. The van der Waals surface area contributed by atoms with E-state index in [0.29, 0.717) is 0 Å². The SMILES string of the molecule is CC(C)(N=C=O)c1ccc2occc2c1. The Hall–Kier alpha value is -1.86. The van der Waals surface area contributed by atoms with Crippen molar-refractivity contribution in [1.82, 2.24) is 0 Å². The van der Waals surface area contributed by atoms with Gasteiger partial charge in [0.15, 0.2) is 0 Å². The van der Waals surface area contributed by atoms with Crippen molar-refractivity contribution in [2.24, 2.45) is 4.99 Å². The first-order valence-electron chi connectivity index (χ1n) is 4.70. The summed E-state index contributed by atoms with van der Waals surface area (Å²) in [7, 11) is 0. The van der Waals surface area contributed by atoms with Crippen LogP contribution in [-0.4, -0.2) is 6.08 Å². The van der Waals surface area contributed by atoms with Crippen molar-refractivity contribution >= 4 is 17.0 Å². The topological polar surface area (TPSA) is 42.6 Å². The van der Waals surface area contributed by atoms with Crippen LogP contribution in [0.5, 0.6) is 0 Å².